The van der Waals surface area contributed by atoms with Gasteiger partial charge in [0.15, 0.2) is 5.16 Å². The van der Waals surface area contributed by atoms with E-state index in [4.69, 9.17) is 10.9 Å². The molecule has 19 heavy (non-hydrogen) atoms. The van der Waals surface area contributed by atoms with Crippen LogP contribution in [0.2, 0.25) is 0 Å². The molecule has 0 aromatic carbocycles. The summed E-state index contributed by atoms with van der Waals surface area (Å²) in [5.41, 5.74) is 5.60. The zero-order valence-electron chi connectivity index (χ0n) is 11.0. The average molecular weight is 281 g/mol. The Kier molecular flexibility index (Phi) is 3.38. The van der Waals surface area contributed by atoms with E-state index in [1.165, 1.54) is 31.5 Å². The molecular weight excluding hydrogens is 262 g/mol. The van der Waals surface area contributed by atoms with Crippen LogP contribution in [0.25, 0.3) is 0 Å². The first-order chi connectivity index (χ1) is 9.20. The predicted molar refractivity (Wildman–Crippen MR) is 73.6 cm³/mol. The Morgan fingerprint density at radius 3 is 2.79 bits per heavy atom. The van der Waals surface area contributed by atoms with Crippen LogP contribution in [0.5, 0.6) is 0 Å². The van der Waals surface area contributed by atoms with E-state index in [0.29, 0.717) is 12.0 Å². The molecule has 2 fully saturated rings. The summed E-state index contributed by atoms with van der Waals surface area (Å²) in [6.07, 6.45) is 4.97. The van der Waals surface area contributed by atoms with Gasteiger partial charge in [0, 0.05) is 23.6 Å². The number of nitrogens with two attached hydrogens (primary N) is 1. The minimum absolute atomic E-state index is 0.0312. The third-order valence-corrected chi connectivity index (χ3v) is 4.83. The summed E-state index contributed by atoms with van der Waals surface area (Å²) < 4.78 is 2.32. The van der Waals surface area contributed by atoms with Crippen molar-refractivity contribution in [3.8, 4) is 0 Å². The SMILES string of the molecule is CC(CSc1nnc(C2CC2)n1C1CC1)/C(N)=N/O. The molecule has 1 aromatic heterocycles. The van der Waals surface area contributed by atoms with Gasteiger partial charge in [-0.3, -0.25) is 0 Å². The largest absolute Gasteiger partial charge is 0.409 e. The van der Waals surface area contributed by atoms with Crippen LogP contribution in [0, 0.1) is 5.92 Å². The molecule has 2 aliphatic rings. The van der Waals surface area contributed by atoms with Gasteiger partial charge in [-0.15, -0.1) is 10.2 Å². The molecule has 0 bridgehead atoms. The van der Waals surface area contributed by atoms with Gasteiger partial charge in [0.1, 0.15) is 11.7 Å². The van der Waals surface area contributed by atoms with Crippen LogP contribution in [0.3, 0.4) is 0 Å². The second-order valence-electron chi connectivity index (χ2n) is 5.45. The lowest BCUT2D eigenvalue weighted by Gasteiger charge is -2.10. The third kappa shape index (κ3) is 2.70. The summed E-state index contributed by atoms with van der Waals surface area (Å²) in [7, 11) is 0. The Labute approximate surface area is 116 Å². The van der Waals surface area contributed by atoms with Crippen LogP contribution < -0.4 is 5.73 Å². The molecule has 3 rings (SSSR count). The molecule has 0 amide bonds. The fraction of sp³-hybridized carbons (Fsp3) is 0.750. The molecule has 2 aliphatic carbocycles. The molecule has 0 aliphatic heterocycles. The predicted octanol–water partition coefficient (Wildman–Crippen LogP) is 1.96. The number of thioether (sulfide) groups is 1. The van der Waals surface area contributed by atoms with E-state index in [2.05, 4.69) is 19.9 Å². The van der Waals surface area contributed by atoms with Crippen molar-refractivity contribution in [2.24, 2.45) is 16.8 Å². The van der Waals surface area contributed by atoms with Crippen LogP contribution in [0.15, 0.2) is 10.3 Å². The van der Waals surface area contributed by atoms with Crippen molar-refractivity contribution in [3.63, 3.8) is 0 Å². The van der Waals surface area contributed by atoms with Crippen molar-refractivity contribution in [2.45, 2.75) is 49.7 Å². The smallest absolute Gasteiger partial charge is 0.191 e. The van der Waals surface area contributed by atoms with Gasteiger partial charge in [-0.2, -0.15) is 0 Å². The quantitative estimate of drug-likeness (QED) is 0.273. The van der Waals surface area contributed by atoms with E-state index in [-0.39, 0.29) is 11.8 Å². The maximum absolute atomic E-state index is 8.66. The summed E-state index contributed by atoms with van der Waals surface area (Å²) in [5.74, 6) is 2.85. The van der Waals surface area contributed by atoms with Crippen molar-refractivity contribution in [1.82, 2.24) is 14.8 Å². The fourth-order valence-corrected chi connectivity index (χ4v) is 3.12. The van der Waals surface area contributed by atoms with Gasteiger partial charge in [-0.05, 0) is 25.7 Å². The van der Waals surface area contributed by atoms with E-state index in [1.54, 1.807) is 11.8 Å². The summed E-state index contributed by atoms with van der Waals surface area (Å²) in [6, 6.07) is 0.604. The topological polar surface area (TPSA) is 89.3 Å². The van der Waals surface area contributed by atoms with Crippen molar-refractivity contribution in [2.75, 3.05) is 5.75 Å². The number of aromatic nitrogens is 3. The highest BCUT2D eigenvalue weighted by Gasteiger charge is 2.36. The molecule has 2 saturated carbocycles. The minimum atomic E-state index is 0.0312. The molecule has 3 N–H and O–H groups in total. The summed E-state index contributed by atoms with van der Waals surface area (Å²) in [4.78, 5) is 0. The lowest BCUT2D eigenvalue weighted by Crippen LogP contribution is -2.23. The number of hydrogen-bond donors (Lipinski definition) is 2. The number of oxime groups is 1. The second-order valence-corrected chi connectivity index (χ2v) is 6.44. The molecular formula is C12H19N5OS. The zero-order valence-corrected chi connectivity index (χ0v) is 11.8. The van der Waals surface area contributed by atoms with Gasteiger partial charge in [0.2, 0.25) is 0 Å². The Morgan fingerprint density at radius 1 is 1.47 bits per heavy atom. The number of hydrogen-bond acceptors (Lipinski definition) is 5. The van der Waals surface area contributed by atoms with Crippen molar-refractivity contribution >= 4 is 17.6 Å². The van der Waals surface area contributed by atoms with Gasteiger partial charge in [0.25, 0.3) is 0 Å². The minimum Gasteiger partial charge on any atom is -0.409 e. The summed E-state index contributed by atoms with van der Waals surface area (Å²) in [5, 5.41) is 21.4. The molecule has 6 nitrogen and oxygen atoms in total. The highest BCUT2D eigenvalue weighted by Crippen LogP contribution is 2.46. The van der Waals surface area contributed by atoms with E-state index in [9.17, 15) is 0 Å². The Balaban J connectivity index is 1.70. The first-order valence-electron chi connectivity index (χ1n) is 6.75. The molecule has 104 valence electrons. The molecule has 0 saturated heterocycles. The first kappa shape index (κ1) is 12.8. The molecule has 0 radical (unpaired) electrons. The van der Waals surface area contributed by atoms with Crippen molar-refractivity contribution < 1.29 is 5.21 Å². The second kappa shape index (κ2) is 5.03. The summed E-state index contributed by atoms with van der Waals surface area (Å²) >= 11 is 1.65. The number of amidine groups is 1. The van der Waals surface area contributed by atoms with Crippen LogP contribution in [-0.4, -0.2) is 31.6 Å². The van der Waals surface area contributed by atoms with Gasteiger partial charge < -0.3 is 15.5 Å². The van der Waals surface area contributed by atoms with Gasteiger partial charge >= 0.3 is 0 Å². The lowest BCUT2D eigenvalue weighted by molar-refractivity contribution is 0.315. The van der Waals surface area contributed by atoms with Crippen LogP contribution in [0.1, 0.15) is 50.4 Å². The average Bonchev–Trinajstić information content (AvgIpc) is 3.33. The Morgan fingerprint density at radius 2 is 2.21 bits per heavy atom. The van der Waals surface area contributed by atoms with Gasteiger partial charge in [0.05, 0.1) is 0 Å². The number of nitrogens with zero attached hydrogens (tertiary/aromatic N) is 4. The normalized spacial score (nSPS) is 21.6. The Hall–Kier alpha value is -1.24. The van der Waals surface area contributed by atoms with Crippen LogP contribution in [-0.2, 0) is 0 Å². The third-order valence-electron chi connectivity index (χ3n) is 3.63. The van der Waals surface area contributed by atoms with Crippen molar-refractivity contribution in [3.05, 3.63) is 5.82 Å². The van der Waals surface area contributed by atoms with E-state index in [1.807, 2.05) is 6.92 Å². The van der Waals surface area contributed by atoms with E-state index < -0.39 is 0 Å². The number of rotatable bonds is 6. The highest BCUT2D eigenvalue weighted by atomic mass is 32.2. The monoisotopic (exact) mass is 281 g/mol. The maximum atomic E-state index is 8.66. The zero-order chi connectivity index (χ0) is 13.4. The molecule has 7 heteroatoms. The van der Waals surface area contributed by atoms with Crippen molar-refractivity contribution in [1.29, 1.82) is 0 Å². The highest BCUT2D eigenvalue weighted by molar-refractivity contribution is 7.99. The molecule has 1 aromatic rings. The lowest BCUT2D eigenvalue weighted by atomic mass is 10.2. The van der Waals surface area contributed by atoms with Crippen LogP contribution >= 0.6 is 11.8 Å². The first-order valence-corrected chi connectivity index (χ1v) is 7.74. The Bertz CT molecular complexity index is 492. The van der Waals surface area contributed by atoms with Crippen LogP contribution in [0.4, 0.5) is 0 Å². The van der Waals surface area contributed by atoms with E-state index >= 15 is 0 Å². The fourth-order valence-electron chi connectivity index (χ4n) is 2.07. The molecule has 1 heterocycles. The summed E-state index contributed by atoms with van der Waals surface area (Å²) in [6.45, 7) is 1.95. The molecule has 1 atom stereocenters. The molecule has 1 unspecified atom stereocenters. The molecule has 0 spiro atoms. The van der Waals surface area contributed by atoms with Gasteiger partial charge in [-0.25, -0.2) is 0 Å². The van der Waals surface area contributed by atoms with E-state index in [0.717, 1.165) is 10.9 Å². The maximum Gasteiger partial charge on any atom is 0.191 e. The van der Waals surface area contributed by atoms with Gasteiger partial charge in [-0.1, -0.05) is 23.8 Å². The standard InChI is InChI=1S/C12H19N5OS/c1-7(10(13)16-18)6-19-12-15-14-11(8-2-3-8)17(12)9-4-5-9/h7-9,18H,2-6H2,1H3,(H2,13,16).